The van der Waals surface area contributed by atoms with Crippen molar-refractivity contribution < 1.29 is 9.77 Å². The van der Waals surface area contributed by atoms with E-state index >= 15 is 0 Å². The summed E-state index contributed by atoms with van der Waals surface area (Å²) in [5.41, 5.74) is 1.29. The van der Waals surface area contributed by atoms with Crippen LogP contribution >= 0.6 is 7.59 Å². The Morgan fingerprint density at radius 1 is 0.778 bits per heavy atom. The van der Waals surface area contributed by atoms with Crippen molar-refractivity contribution in [3.63, 3.8) is 0 Å². The van der Waals surface area contributed by atoms with E-state index in [1.165, 1.54) is 0 Å². The van der Waals surface area contributed by atoms with Gasteiger partial charge in [0.05, 0.1) is 0 Å². The molecule has 0 unspecified atom stereocenters. The normalized spacial score (nSPS) is 10.9. The topological polar surface area (TPSA) is 73.4 Å². The van der Waals surface area contributed by atoms with Crippen LogP contribution < -0.4 is 15.4 Å². The van der Waals surface area contributed by atoms with Gasteiger partial charge in [-0.15, -0.1) is 5.25 Å². The third kappa shape index (κ3) is 3.34. The highest BCUT2D eigenvalue weighted by atomic mass is 31.2. The fourth-order valence-corrected chi connectivity index (χ4v) is 2.65. The standard InChI is InChI=1S/C12H14N3O2P/c16-15-18(17,13-11-7-3-1-4-8-11)14-12-9-5-2-6-10-12/h1-10,16H,(H3,13,14,15,17). The van der Waals surface area contributed by atoms with Gasteiger partial charge in [-0.2, -0.15) is 0 Å². The molecule has 0 fully saturated rings. The van der Waals surface area contributed by atoms with Crippen LogP contribution in [0.1, 0.15) is 0 Å². The lowest BCUT2D eigenvalue weighted by Gasteiger charge is -2.20. The van der Waals surface area contributed by atoms with Crippen molar-refractivity contribution in [3.8, 4) is 0 Å². The molecule has 94 valence electrons. The lowest BCUT2D eigenvalue weighted by Crippen LogP contribution is -2.18. The van der Waals surface area contributed by atoms with Gasteiger partial charge in [-0.05, 0) is 24.3 Å². The van der Waals surface area contributed by atoms with E-state index in [4.69, 9.17) is 5.21 Å². The van der Waals surface area contributed by atoms with Crippen molar-refractivity contribution in [2.75, 3.05) is 10.2 Å². The van der Waals surface area contributed by atoms with Crippen LogP contribution in [-0.2, 0) is 4.57 Å². The second kappa shape index (κ2) is 5.69. The van der Waals surface area contributed by atoms with Crippen molar-refractivity contribution in [2.24, 2.45) is 0 Å². The number of hydrogen-bond donors (Lipinski definition) is 4. The molecule has 0 aliphatic carbocycles. The Hall–Kier alpha value is -1.81. The molecule has 0 amide bonds. The van der Waals surface area contributed by atoms with Crippen LogP contribution in [0.25, 0.3) is 0 Å². The van der Waals surface area contributed by atoms with Gasteiger partial charge >= 0.3 is 7.59 Å². The molecule has 0 radical (unpaired) electrons. The quantitative estimate of drug-likeness (QED) is 0.492. The zero-order chi connectivity index (χ0) is 12.8. The van der Waals surface area contributed by atoms with Gasteiger partial charge in [-0.3, -0.25) is 4.57 Å². The average Bonchev–Trinajstić information content (AvgIpc) is 2.41. The zero-order valence-electron chi connectivity index (χ0n) is 9.58. The molecule has 0 aromatic heterocycles. The van der Waals surface area contributed by atoms with Crippen LogP contribution in [-0.4, -0.2) is 5.21 Å². The Bertz CT molecular complexity index is 488. The van der Waals surface area contributed by atoms with Crippen LogP contribution in [0, 0.1) is 0 Å². The molecule has 0 saturated carbocycles. The first-order chi connectivity index (χ1) is 8.72. The Kier molecular flexibility index (Phi) is 3.99. The van der Waals surface area contributed by atoms with Gasteiger partial charge < -0.3 is 15.4 Å². The fourth-order valence-electron chi connectivity index (χ4n) is 1.47. The summed E-state index contributed by atoms with van der Waals surface area (Å²) in [7, 11) is -3.34. The van der Waals surface area contributed by atoms with Crippen molar-refractivity contribution in [3.05, 3.63) is 60.7 Å². The van der Waals surface area contributed by atoms with Gasteiger partial charge in [-0.25, -0.2) is 0 Å². The SMILES string of the molecule is O=P(NO)(Nc1ccccc1)Nc1ccccc1. The highest BCUT2D eigenvalue weighted by molar-refractivity contribution is 7.64. The minimum absolute atomic E-state index is 0.644. The number of para-hydroxylation sites is 2. The van der Waals surface area contributed by atoms with Crippen LogP contribution in [0.2, 0.25) is 0 Å². The zero-order valence-corrected chi connectivity index (χ0v) is 10.5. The highest BCUT2D eigenvalue weighted by Gasteiger charge is 2.20. The molecule has 0 aliphatic rings. The maximum absolute atomic E-state index is 12.3. The van der Waals surface area contributed by atoms with Crippen molar-refractivity contribution in [2.45, 2.75) is 0 Å². The number of anilines is 2. The first-order valence-electron chi connectivity index (χ1n) is 5.40. The van der Waals surface area contributed by atoms with E-state index in [2.05, 4.69) is 10.2 Å². The molecule has 2 aromatic rings. The fraction of sp³-hybridized carbons (Fsp3) is 0. The molecule has 2 rings (SSSR count). The smallest absolute Gasteiger partial charge is 0.307 e. The predicted octanol–water partition coefficient (Wildman–Crippen LogP) is 3.30. The van der Waals surface area contributed by atoms with E-state index in [0.29, 0.717) is 11.4 Å². The molecular weight excluding hydrogens is 249 g/mol. The van der Waals surface area contributed by atoms with Gasteiger partial charge in [0.25, 0.3) is 0 Å². The first kappa shape index (κ1) is 12.6. The number of hydrogen-bond acceptors (Lipinski definition) is 2. The second-order valence-corrected chi connectivity index (χ2v) is 5.53. The van der Waals surface area contributed by atoms with Crippen LogP contribution in [0.3, 0.4) is 0 Å². The van der Waals surface area contributed by atoms with Crippen LogP contribution in [0.4, 0.5) is 11.4 Å². The molecule has 18 heavy (non-hydrogen) atoms. The average molecular weight is 263 g/mol. The lowest BCUT2D eigenvalue weighted by molar-refractivity contribution is 0.242. The number of benzene rings is 2. The maximum Gasteiger partial charge on any atom is 0.350 e. The summed E-state index contributed by atoms with van der Waals surface area (Å²) in [5, 5.41) is 16.4. The molecule has 0 aliphatic heterocycles. The minimum Gasteiger partial charge on any atom is -0.307 e. The molecule has 0 spiro atoms. The summed E-state index contributed by atoms with van der Waals surface area (Å²) in [6, 6.07) is 18.0. The Morgan fingerprint density at radius 2 is 1.17 bits per heavy atom. The molecule has 0 heterocycles. The third-order valence-electron chi connectivity index (χ3n) is 2.26. The van der Waals surface area contributed by atoms with Gasteiger partial charge in [0.1, 0.15) is 0 Å². The number of rotatable bonds is 5. The van der Waals surface area contributed by atoms with E-state index in [9.17, 15) is 4.57 Å². The molecule has 0 bridgehead atoms. The summed E-state index contributed by atoms with van der Waals surface area (Å²) >= 11 is 0. The summed E-state index contributed by atoms with van der Waals surface area (Å²) in [4.78, 5) is 0. The van der Waals surface area contributed by atoms with Crippen molar-refractivity contribution in [1.82, 2.24) is 5.25 Å². The van der Waals surface area contributed by atoms with Crippen LogP contribution in [0.5, 0.6) is 0 Å². The van der Waals surface area contributed by atoms with E-state index in [0.717, 1.165) is 0 Å². The van der Waals surface area contributed by atoms with E-state index < -0.39 is 7.59 Å². The Morgan fingerprint density at radius 3 is 1.50 bits per heavy atom. The minimum atomic E-state index is -3.34. The van der Waals surface area contributed by atoms with E-state index in [1.807, 2.05) is 41.6 Å². The predicted molar refractivity (Wildman–Crippen MR) is 72.7 cm³/mol. The lowest BCUT2D eigenvalue weighted by atomic mass is 10.3. The first-order valence-corrected chi connectivity index (χ1v) is 7.11. The molecule has 4 N–H and O–H groups in total. The summed E-state index contributed by atoms with van der Waals surface area (Å²) in [5.74, 6) is 0. The Labute approximate surface area is 105 Å². The van der Waals surface area contributed by atoms with Crippen molar-refractivity contribution >= 4 is 19.0 Å². The van der Waals surface area contributed by atoms with Crippen LogP contribution in [0.15, 0.2) is 60.7 Å². The van der Waals surface area contributed by atoms with E-state index in [-0.39, 0.29) is 0 Å². The summed E-state index contributed by atoms with van der Waals surface area (Å²) in [6.45, 7) is 0. The number of nitrogens with one attached hydrogen (secondary N) is 3. The summed E-state index contributed by atoms with van der Waals surface area (Å²) < 4.78 is 12.3. The molecule has 6 heteroatoms. The van der Waals surface area contributed by atoms with Gasteiger partial charge in [0.15, 0.2) is 0 Å². The summed E-state index contributed by atoms with van der Waals surface area (Å²) in [6.07, 6.45) is 0. The Balaban J connectivity index is 2.14. The molecule has 0 atom stereocenters. The second-order valence-electron chi connectivity index (χ2n) is 3.66. The maximum atomic E-state index is 12.3. The largest absolute Gasteiger partial charge is 0.350 e. The molecule has 2 aromatic carbocycles. The molecular formula is C12H14N3O2P. The monoisotopic (exact) mass is 263 g/mol. The highest BCUT2D eigenvalue weighted by Crippen LogP contribution is 2.40. The van der Waals surface area contributed by atoms with E-state index in [1.54, 1.807) is 24.3 Å². The molecule has 0 saturated heterocycles. The van der Waals surface area contributed by atoms with Gasteiger partial charge in [0.2, 0.25) is 0 Å². The van der Waals surface area contributed by atoms with Gasteiger partial charge in [-0.1, -0.05) is 36.4 Å². The van der Waals surface area contributed by atoms with Crippen molar-refractivity contribution in [1.29, 1.82) is 0 Å². The molecule has 5 nitrogen and oxygen atoms in total. The third-order valence-corrected chi connectivity index (χ3v) is 3.69. The van der Waals surface area contributed by atoms with Gasteiger partial charge in [0, 0.05) is 11.4 Å².